The molecule has 0 spiro atoms. The Morgan fingerprint density at radius 3 is 2.41 bits per heavy atom. The van der Waals surface area contributed by atoms with Gasteiger partial charge in [0.1, 0.15) is 0 Å². The van der Waals surface area contributed by atoms with Crippen molar-refractivity contribution in [1.82, 2.24) is 0 Å². The van der Waals surface area contributed by atoms with E-state index in [0.29, 0.717) is 18.4 Å². The molecule has 4 heteroatoms. The number of hydrogen-bond acceptors (Lipinski definition) is 1. The molecule has 0 heterocycles. The predicted octanol–water partition coefficient (Wildman–Crippen LogP) is 3.29. The first-order valence-electron chi connectivity index (χ1n) is 5.55. The molecule has 0 aliphatic heterocycles. The van der Waals surface area contributed by atoms with Crippen LogP contribution in [0.25, 0.3) is 0 Å². The summed E-state index contributed by atoms with van der Waals surface area (Å²) in [5.74, 6) is -3.59. The number of carboxylic acids is 1. The Kier molecular flexibility index (Phi) is 4.61. The smallest absolute Gasteiger partial charge is 0.303 e. The number of aliphatic carboxylic acids is 1. The molecular formula is C13H16F2O2. The van der Waals surface area contributed by atoms with Crippen LogP contribution in [0.15, 0.2) is 24.3 Å². The molecule has 0 unspecified atom stereocenters. The molecule has 0 saturated heterocycles. The highest BCUT2D eigenvalue weighted by atomic mass is 19.3. The van der Waals surface area contributed by atoms with E-state index in [0.717, 1.165) is 12.5 Å². The number of rotatable bonds is 6. The number of aryl methyl sites for hydroxylation is 1. The molecule has 0 bridgehead atoms. The van der Waals surface area contributed by atoms with Crippen LogP contribution in [0.2, 0.25) is 0 Å². The van der Waals surface area contributed by atoms with Gasteiger partial charge in [-0.1, -0.05) is 24.3 Å². The molecule has 0 aliphatic carbocycles. The molecule has 0 aliphatic rings. The average molecular weight is 242 g/mol. The number of carbonyl (C=O) groups is 1. The minimum Gasteiger partial charge on any atom is -0.481 e. The van der Waals surface area contributed by atoms with E-state index in [-0.39, 0.29) is 12.8 Å². The number of halogens is 2. The number of benzene rings is 1. The van der Waals surface area contributed by atoms with Crippen LogP contribution in [0.4, 0.5) is 8.78 Å². The van der Waals surface area contributed by atoms with Gasteiger partial charge in [0.25, 0.3) is 0 Å². The van der Waals surface area contributed by atoms with Gasteiger partial charge in [0.15, 0.2) is 0 Å². The van der Waals surface area contributed by atoms with E-state index in [1.54, 1.807) is 24.3 Å². The van der Waals surface area contributed by atoms with Crippen LogP contribution < -0.4 is 0 Å². The van der Waals surface area contributed by atoms with Crippen LogP contribution in [0.5, 0.6) is 0 Å². The lowest BCUT2D eigenvalue weighted by Crippen LogP contribution is -2.15. The third-order valence-corrected chi connectivity index (χ3v) is 2.46. The monoisotopic (exact) mass is 242 g/mol. The lowest BCUT2D eigenvalue weighted by atomic mass is 9.97. The average Bonchev–Trinajstić information content (AvgIpc) is 2.17. The second-order valence-electron chi connectivity index (χ2n) is 4.26. The summed E-state index contributed by atoms with van der Waals surface area (Å²) in [7, 11) is 0. The lowest BCUT2D eigenvalue weighted by Gasteiger charge is -2.13. The minimum atomic E-state index is -2.73. The molecule has 0 radical (unpaired) electrons. The largest absolute Gasteiger partial charge is 0.481 e. The van der Waals surface area contributed by atoms with Crippen molar-refractivity contribution in [3.63, 3.8) is 0 Å². The highest BCUT2D eigenvalue weighted by molar-refractivity contribution is 5.66. The lowest BCUT2D eigenvalue weighted by molar-refractivity contribution is -0.137. The van der Waals surface area contributed by atoms with Crippen LogP contribution in [-0.2, 0) is 17.6 Å². The third-order valence-electron chi connectivity index (χ3n) is 2.46. The maximum atomic E-state index is 12.9. The molecule has 0 aromatic heterocycles. The summed E-state index contributed by atoms with van der Waals surface area (Å²) < 4.78 is 25.9. The quantitative estimate of drug-likeness (QED) is 0.831. The Bertz CT molecular complexity index is 383. The van der Waals surface area contributed by atoms with E-state index in [1.165, 1.54) is 0 Å². The standard InChI is InChI=1S/C13H16F2O2/c1-13(14,15)9-11-6-3-2-5-10(11)7-4-8-12(16)17/h2-3,5-6H,4,7-9H2,1H3,(H,16,17). The fourth-order valence-corrected chi connectivity index (χ4v) is 1.74. The molecule has 1 aromatic rings. The summed E-state index contributed by atoms with van der Waals surface area (Å²) in [6.07, 6.45) is 0.771. The van der Waals surface area contributed by atoms with E-state index in [1.807, 2.05) is 0 Å². The molecule has 0 saturated carbocycles. The van der Waals surface area contributed by atoms with Crippen molar-refractivity contribution < 1.29 is 18.7 Å². The fraction of sp³-hybridized carbons (Fsp3) is 0.462. The molecule has 0 amide bonds. The van der Waals surface area contributed by atoms with Crippen molar-refractivity contribution in [3.8, 4) is 0 Å². The molecule has 1 rings (SSSR count). The van der Waals surface area contributed by atoms with Crippen molar-refractivity contribution in [2.75, 3.05) is 0 Å². The van der Waals surface area contributed by atoms with Crippen molar-refractivity contribution in [1.29, 1.82) is 0 Å². The van der Waals surface area contributed by atoms with Crippen LogP contribution in [0.3, 0.4) is 0 Å². The molecule has 0 atom stereocenters. The highest BCUT2D eigenvalue weighted by Gasteiger charge is 2.22. The molecule has 0 fully saturated rings. The van der Waals surface area contributed by atoms with Crippen molar-refractivity contribution in [2.24, 2.45) is 0 Å². The topological polar surface area (TPSA) is 37.3 Å². The van der Waals surface area contributed by atoms with Gasteiger partial charge in [0.05, 0.1) is 0 Å². The Labute approximate surface area is 99.3 Å². The summed E-state index contributed by atoms with van der Waals surface area (Å²) in [5, 5.41) is 8.53. The fourth-order valence-electron chi connectivity index (χ4n) is 1.74. The van der Waals surface area contributed by atoms with E-state index in [4.69, 9.17) is 5.11 Å². The van der Waals surface area contributed by atoms with Crippen LogP contribution in [0.1, 0.15) is 30.9 Å². The SMILES string of the molecule is CC(F)(F)Cc1ccccc1CCCC(=O)O. The Morgan fingerprint density at radius 1 is 1.29 bits per heavy atom. The van der Waals surface area contributed by atoms with Gasteiger partial charge < -0.3 is 5.11 Å². The highest BCUT2D eigenvalue weighted by Crippen LogP contribution is 2.22. The Hall–Kier alpha value is -1.45. The van der Waals surface area contributed by atoms with Gasteiger partial charge >= 0.3 is 5.97 Å². The van der Waals surface area contributed by atoms with E-state index >= 15 is 0 Å². The number of carboxylic acid groups (broad SMARTS) is 1. The minimum absolute atomic E-state index is 0.0663. The second-order valence-corrected chi connectivity index (χ2v) is 4.26. The maximum absolute atomic E-state index is 12.9. The molecule has 17 heavy (non-hydrogen) atoms. The van der Waals surface area contributed by atoms with E-state index < -0.39 is 11.9 Å². The molecule has 94 valence electrons. The summed E-state index contributed by atoms with van der Waals surface area (Å²) >= 11 is 0. The van der Waals surface area contributed by atoms with Gasteiger partial charge in [-0.15, -0.1) is 0 Å². The van der Waals surface area contributed by atoms with Gasteiger partial charge in [0.2, 0.25) is 5.92 Å². The summed E-state index contributed by atoms with van der Waals surface area (Å²) in [6.45, 7) is 0.890. The Morgan fingerprint density at radius 2 is 1.88 bits per heavy atom. The van der Waals surface area contributed by atoms with Gasteiger partial charge in [-0.2, -0.15) is 0 Å². The van der Waals surface area contributed by atoms with E-state index in [9.17, 15) is 13.6 Å². The van der Waals surface area contributed by atoms with Crippen molar-refractivity contribution in [2.45, 2.75) is 38.5 Å². The summed E-state index contributed by atoms with van der Waals surface area (Å²) in [4.78, 5) is 10.4. The van der Waals surface area contributed by atoms with Crippen molar-refractivity contribution >= 4 is 5.97 Å². The van der Waals surface area contributed by atoms with Crippen LogP contribution >= 0.6 is 0 Å². The first-order valence-corrected chi connectivity index (χ1v) is 5.55. The van der Waals surface area contributed by atoms with Gasteiger partial charge in [-0.25, -0.2) is 8.78 Å². The maximum Gasteiger partial charge on any atom is 0.303 e. The summed E-state index contributed by atoms with van der Waals surface area (Å²) in [5.41, 5.74) is 1.42. The Balaban J connectivity index is 2.67. The predicted molar refractivity (Wildman–Crippen MR) is 61.3 cm³/mol. The number of alkyl halides is 2. The first kappa shape index (κ1) is 13.6. The van der Waals surface area contributed by atoms with E-state index in [2.05, 4.69) is 0 Å². The first-order chi connectivity index (χ1) is 7.88. The molecule has 1 aromatic carbocycles. The zero-order chi connectivity index (χ0) is 12.9. The second kappa shape index (κ2) is 5.75. The molecular weight excluding hydrogens is 226 g/mol. The normalized spacial score (nSPS) is 11.5. The van der Waals surface area contributed by atoms with Gasteiger partial charge in [-0.3, -0.25) is 4.79 Å². The zero-order valence-electron chi connectivity index (χ0n) is 9.75. The van der Waals surface area contributed by atoms with Crippen LogP contribution in [-0.4, -0.2) is 17.0 Å². The summed E-state index contributed by atoms with van der Waals surface area (Å²) in [6, 6.07) is 6.96. The molecule has 2 nitrogen and oxygen atoms in total. The zero-order valence-corrected chi connectivity index (χ0v) is 9.75. The molecule has 1 N–H and O–H groups in total. The third kappa shape index (κ3) is 5.43. The van der Waals surface area contributed by atoms with Gasteiger partial charge in [-0.05, 0) is 30.9 Å². The van der Waals surface area contributed by atoms with Crippen molar-refractivity contribution in [3.05, 3.63) is 35.4 Å². The number of hydrogen-bond donors (Lipinski definition) is 1. The van der Waals surface area contributed by atoms with Crippen LogP contribution in [0, 0.1) is 0 Å². The van der Waals surface area contributed by atoms with Gasteiger partial charge in [0, 0.05) is 12.8 Å².